The molecule has 0 spiro atoms. The van der Waals surface area contributed by atoms with Crippen LogP contribution < -0.4 is 21.3 Å². The molecule has 3 atom stereocenters. The Kier molecular flexibility index (Phi) is 13.3. The van der Waals surface area contributed by atoms with Gasteiger partial charge in [-0.3, -0.25) is 19.2 Å². The lowest BCUT2D eigenvalue weighted by Crippen LogP contribution is -2.57. The molecule has 206 valence electrons. The minimum absolute atomic E-state index is 0.0783. The predicted molar refractivity (Wildman–Crippen MR) is 148 cm³/mol. The molecule has 0 radical (unpaired) electrons. The summed E-state index contributed by atoms with van der Waals surface area (Å²) in [5.41, 5.74) is 1.57. The zero-order chi connectivity index (χ0) is 27.9. The highest BCUT2D eigenvalue weighted by atomic mass is 32.2. The topological polar surface area (TPSA) is 116 Å². The van der Waals surface area contributed by atoms with E-state index in [4.69, 9.17) is 0 Å². The summed E-state index contributed by atoms with van der Waals surface area (Å²) in [6.07, 6.45) is 3.39. The van der Waals surface area contributed by atoms with Crippen molar-refractivity contribution in [3.8, 4) is 0 Å². The van der Waals surface area contributed by atoms with Gasteiger partial charge in [0.2, 0.25) is 24.1 Å². The number of hydrogen-bond donors (Lipinski definition) is 4. The van der Waals surface area contributed by atoms with E-state index in [1.165, 1.54) is 12.1 Å². The maximum Gasteiger partial charge on any atom is 0.243 e. The molecule has 2 aromatic rings. The highest BCUT2D eigenvalue weighted by Gasteiger charge is 2.29. The Morgan fingerprint density at radius 2 is 1.50 bits per heavy atom. The Bertz CT molecular complexity index is 1040. The molecular weight excluding hydrogens is 507 g/mol. The molecule has 0 aliphatic carbocycles. The molecule has 0 saturated heterocycles. The van der Waals surface area contributed by atoms with Crippen LogP contribution in [-0.2, 0) is 32.1 Å². The zero-order valence-corrected chi connectivity index (χ0v) is 22.9. The van der Waals surface area contributed by atoms with Crippen LogP contribution in [0.25, 0.3) is 0 Å². The first-order valence-corrected chi connectivity index (χ1v) is 14.0. The SMILES string of the molecule is CSCC[C@H](NC=O)C(=O)N[C@H](CC(C)C)C(=O)N[C@H](Cc1ccccc1)C(=O)NCc1ccc(F)cc1. The van der Waals surface area contributed by atoms with Gasteiger partial charge in [0.25, 0.3) is 0 Å². The molecule has 0 aliphatic heterocycles. The van der Waals surface area contributed by atoms with Gasteiger partial charge in [0, 0.05) is 13.0 Å². The maximum absolute atomic E-state index is 13.4. The van der Waals surface area contributed by atoms with Gasteiger partial charge < -0.3 is 21.3 Å². The van der Waals surface area contributed by atoms with Gasteiger partial charge in [0.1, 0.15) is 23.9 Å². The van der Waals surface area contributed by atoms with Crippen molar-refractivity contribution in [3.63, 3.8) is 0 Å². The summed E-state index contributed by atoms with van der Waals surface area (Å²) in [5.74, 6) is -0.970. The minimum atomic E-state index is -0.905. The summed E-state index contributed by atoms with van der Waals surface area (Å²) >= 11 is 1.55. The third-order valence-corrected chi connectivity index (χ3v) is 6.48. The molecule has 10 heteroatoms. The van der Waals surface area contributed by atoms with Gasteiger partial charge in [-0.1, -0.05) is 56.3 Å². The largest absolute Gasteiger partial charge is 0.350 e. The van der Waals surface area contributed by atoms with Crippen molar-refractivity contribution in [2.24, 2.45) is 5.92 Å². The van der Waals surface area contributed by atoms with Crippen molar-refractivity contribution in [1.29, 1.82) is 0 Å². The second kappa shape index (κ2) is 16.4. The van der Waals surface area contributed by atoms with E-state index in [0.29, 0.717) is 30.6 Å². The molecule has 0 heterocycles. The van der Waals surface area contributed by atoms with Gasteiger partial charge in [-0.25, -0.2) is 4.39 Å². The first-order valence-electron chi connectivity index (χ1n) is 12.6. The number of nitrogens with one attached hydrogen (secondary N) is 4. The quantitative estimate of drug-likeness (QED) is 0.243. The maximum atomic E-state index is 13.4. The average molecular weight is 545 g/mol. The first kappa shape index (κ1) is 30.8. The molecule has 2 rings (SSSR count). The van der Waals surface area contributed by atoms with Crippen LogP contribution >= 0.6 is 11.8 Å². The van der Waals surface area contributed by atoms with Crippen LogP contribution in [0.3, 0.4) is 0 Å². The van der Waals surface area contributed by atoms with Gasteiger partial charge in [0.05, 0.1) is 0 Å². The summed E-state index contributed by atoms with van der Waals surface area (Å²) in [6.45, 7) is 4.03. The molecular formula is C28H37FN4O4S. The smallest absolute Gasteiger partial charge is 0.243 e. The van der Waals surface area contributed by atoms with Crippen molar-refractivity contribution in [2.75, 3.05) is 12.0 Å². The Morgan fingerprint density at radius 1 is 0.868 bits per heavy atom. The van der Waals surface area contributed by atoms with Crippen LogP contribution in [0.2, 0.25) is 0 Å². The van der Waals surface area contributed by atoms with Crippen molar-refractivity contribution in [2.45, 2.75) is 57.8 Å². The number of amides is 4. The van der Waals surface area contributed by atoms with Gasteiger partial charge in [-0.2, -0.15) is 11.8 Å². The van der Waals surface area contributed by atoms with Crippen molar-refractivity contribution >= 4 is 35.9 Å². The van der Waals surface area contributed by atoms with Crippen LogP contribution in [0.15, 0.2) is 54.6 Å². The van der Waals surface area contributed by atoms with Gasteiger partial charge >= 0.3 is 0 Å². The van der Waals surface area contributed by atoms with Crippen molar-refractivity contribution < 1.29 is 23.6 Å². The van der Waals surface area contributed by atoms with Crippen LogP contribution in [0.1, 0.15) is 37.8 Å². The summed E-state index contributed by atoms with van der Waals surface area (Å²) in [4.78, 5) is 50.5. The molecule has 38 heavy (non-hydrogen) atoms. The second-order valence-electron chi connectivity index (χ2n) is 9.40. The van der Waals surface area contributed by atoms with Crippen LogP contribution in [0, 0.1) is 11.7 Å². The minimum Gasteiger partial charge on any atom is -0.350 e. The monoisotopic (exact) mass is 544 g/mol. The molecule has 0 bridgehead atoms. The molecule has 0 fully saturated rings. The number of carbonyl (C=O) groups is 4. The summed E-state index contributed by atoms with van der Waals surface area (Å²) in [6, 6.07) is 12.5. The number of benzene rings is 2. The second-order valence-corrected chi connectivity index (χ2v) is 10.4. The Hall–Kier alpha value is -3.40. The Labute approximate surface area is 227 Å². The van der Waals surface area contributed by atoms with E-state index in [2.05, 4.69) is 21.3 Å². The van der Waals surface area contributed by atoms with E-state index < -0.39 is 35.8 Å². The van der Waals surface area contributed by atoms with E-state index in [0.717, 1.165) is 5.56 Å². The third kappa shape index (κ3) is 10.9. The fourth-order valence-electron chi connectivity index (χ4n) is 3.83. The first-order chi connectivity index (χ1) is 18.2. The lowest BCUT2D eigenvalue weighted by Gasteiger charge is -2.26. The summed E-state index contributed by atoms with van der Waals surface area (Å²) < 4.78 is 13.2. The van der Waals surface area contributed by atoms with Gasteiger partial charge in [-0.05, 0) is 54.0 Å². The Balaban J connectivity index is 2.17. The van der Waals surface area contributed by atoms with Crippen LogP contribution in [-0.4, -0.2) is 54.3 Å². The molecule has 0 aromatic heterocycles. The lowest BCUT2D eigenvalue weighted by molar-refractivity contribution is -0.133. The highest BCUT2D eigenvalue weighted by Crippen LogP contribution is 2.10. The molecule has 0 unspecified atom stereocenters. The number of halogens is 1. The zero-order valence-electron chi connectivity index (χ0n) is 22.0. The molecule has 0 saturated carbocycles. The lowest BCUT2D eigenvalue weighted by atomic mass is 10.0. The van der Waals surface area contributed by atoms with E-state index in [1.807, 2.05) is 50.4 Å². The standard InChI is InChI=1S/C28H37FN4O4S/c1-19(2)15-24(32-27(36)23(31-18-34)13-14-38-3)28(37)33-25(16-20-7-5-4-6-8-20)26(35)30-17-21-9-11-22(29)12-10-21/h4-12,18-19,23-25H,13-17H2,1-3H3,(H,30,35)(H,31,34)(H,32,36)(H,33,37)/t23-,24+,25+/m0/s1. The number of carbonyl (C=O) groups excluding carboxylic acids is 4. The van der Waals surface area contributed by atoms with E-state index >= 15 is 0 Å². The molecule has 2 aromatic carbocycles. The Morgan fingerprint density at radius 3 is 2.11 bits per heavy atom. The fraction of sp³-hybridized carbons (Fsp3) is 0.429. The van der Waals surface area contributed by atoms with Crippen LogP contribution in [0.5, 0.6) is 0 Å². The molecule has 4 N–H and O–H groups in total. The van der Waals surface area contributed by atoms with Crippen LogP contribution in [0.4, 0.5) is 4.39 Å². The van der Waals surface area contributed by atoms with Gasteiger partial charge in [0.15, 0.2) is 0 Å². The number of rotatable bonds is 16. The van der Waals surface area contributed by atoms with E-state index in [9.17, 15) is 23.6 Å². The van der Waals surface area contributed by atoms with Crippen molar-refractivity contribution in [1.82, 2.24) is 21.3 Å². The summed E-state index contributed by atoms with van der Waals surface area (Å²) in [7, 11) is 0. The molecule has 8 nitrogen and oxygen atoms in total. The summed E-state index contributed by atoms with van der Waals surface area (Å²) in [5, 5.41) is 10.9. The molecule has 0 aliphatic rings. The van der Waals surface area contributed by atoms with E-state index in [1.54, 1.807) is 23.9 Å². The molecule has 4 amide bonds. The van der Waals surface area contributed by atoms with E-state index in [-0.39, 0.29) is 24.7 Å². The van der Waals surface area contributed by atoms with Gasteiger partial charge in [-0.15, -0.1) is 0 Å². The fourth-order valence-corrected chi connectivity index (χ4v) is 4.30. The highest BCUT2D eigenvalue weighted by molar-refractivity contribution is 7.98. The number of thioether (sulfide) groups is 1. The predicted octanol–water partition coefficient (Wildman–Crippen LogP) is 2.57. The third-order valence-electron chi connectivity index (χ3n) is 5.83. The average Bonchev–Trinajstić information content (AvgIpc) is 2.90. The van der Waals surface area contributed by atoms with Crippen molar-refractivity contribution in [3.05, 3.63) is 71.5 Å². The number of hydrogen-bond acceptors (Lipinski definition) is 5. The normalized spacial score (nSPS) is 13.2.